The Morgan fingerprint density at radius 3 is 2.60 bits per heavy atom. The number of halogens is 2. The lowest BCUT2D eigenvalue weighted by atomic mass is 10.1. The van der Waals surface area contributed by atoms with Gasteiger partial charge in [0.25, 0.3) is 5.91 Å². The van der Waals surface area contributed by atoms with Crippen LogP contribution in [0.3, 0.4) is 0 Å². The van der Waals surface area contributed by atoms with E-state index in [-0.39, 0.29) is 30.8 Å². The fraction of sp³-hybridized carbons (Fsp3) is 0.364. The molecule has 6 nitrogen and oxygen atoms in total. The number of nitrogens with zero attached hydrogens (tertiary/aromatic N) is 2. The van der Waals surface area contributed by atoms with Crippen LogP contribution in [0.4, 0.5) is 4.39 Å². The number of carboxylic acid groups (broad SMARTS) is 1. The Morgan fingerprint density at radius 1 is 1.20 bits per heavy atom. The van der Waals surface area contributed by atoms with Crippen LogP contribution in [0, 0.1) is 5.82 Å². The third-order valence-corrected chi connectivity index (χ3v) is 5.30. The van der Waals surface area contributed by atoms with Crippen LogP contribution in [0.1, 0.15) is 18.1 Å². The van der Waals surface area contributed by atoms with Gasteiger partial charge in [-0.05, 0) is 42.8 Å². The second kappa shape index (κ2) is 9.91. The van der Waals surface area contributed by atoms with Crippen LogP contribution >= 0.6 is 11.6 Å². The van der Waals surface area contributed by atoms with Gasteiger partial charge in [-0.25, -0.2) is 4.39 Å². The van der Waals surface area contributed by atoms with Gasteiger partial charge in [-0.3, -0.25) is 14.5 Å². The van der Waals surface area contributed by atoms with Gasteiger partial charge in [-0.15, -0.1) is 0 Å². The fourth-order valence-corrected chi connectivity index (χ4v) is 3.80. The average Bonchev–Trinajstić information content (AvgIpc) is 2.68. The van der Waals surface area contributed by atoms with E-state index in [1.165, 1.54) is 18.2 Å². The Labute approximate surface area is 179 Å². The molecule has 1 heterocycles. The van der Waals surface area contributed by atoms with Gasteiger partial charge in [0.1, 0.15) is 11.6 Å². The molecule has 0 aromatic heterocycles. The predicted octanol–water partition coefficient (Wildman–Crippen LogP) is 3.22. The van der Waals surface area contributed by atoms with E-state index in [1.807, 2.05) is 6.92 Å². The van der Waals surface area contributed by atoms with Crippen molar-refractivity contribution < 1.29 is 23.8 Å². The molecular formula is C22H24ClFN2O4. The van der Waals surface area contributed by atoms with E-state index < -0.39 is 5.97 Å². The van der Waals surface area contributed by atoms with E-state index in [0.29, 0.717) is 42.5 Å². The van der Waals surface area contributed by atoms with Crippen LogP contribution < -0.4 is 4.74 Å². The van der Waals surface area contributed by atoms with Crippen molar-refractivity contribution in [1.29, 1.82) is 0 Å². The van der Waals surface area contributed by atoms with Crippen LogP contribution in [0.5, 0.6) is 5.75 Å². The van der Waals surface area contributed by atoms with Crippen molar-refractivity contribution in [2.24, 2.45) is 0 Å². The molecule has 1 fully saturated rings. The van der Waals surface area contributed by atoms with Gasteiger partial charge in [-0.1, -0.05) is 23.7 Å². The van der Waals surface area contributed by atoms with Crippen LogP contribution in [0.25, 0.3) is 0 Å². The molecule has 2 aromatic carbocycles. The first-order valence-electron chi connectivity index (χ1n) is 9.71. The van der Waals surface area contributed by atoms with Crippen molar-refractivity contribution in [1.82, 2.24) is 9.80 Å². The van der Waals surface area contributed by atoms with Crippen molar-refractivity contribution in [2.45, 2.75) is 25.9 Å². The minimum absolute atomic E-state index is 0.000920. The lowest BCUT2D eigenvalue weighted by Crippen LogP contribution is -2.54. The molecule has 0 aliphatic carbocycles. The second-order valence-corrected chi connectivity index (χ2v) is 7.85. The molecule has 1 saturated heterocycles. The van der Waals surface area contributed by atoms with E-state index in [0.717, 1.165) is 5.56 Å². The molecule has 1 aliphatic heterocycles. The highest BCUT2D eigenvalue weighted by Crippen LogP contribution is 2.24. The third-order valence-electron chi connectivity index (χ3n) is 5.07. The summed E-state index contributed by atoms with van der Waals surface area (Å²) >= 11 is 5.94. The Kier molecular flexibility index (Phi) is 7.29. The first-order chi connectivity index (χ1) is 14.3. The number of carboxylic acids is 1. The third kappa shape index (κ3) is 5.93. The molecule has 0 spiro atoms. The van der Waals surface area contributed by atoms with E-state index >= 15 is 0 Å². The first-order valence-corrected chi connectivity index (χ1v) is 10.1. The Bertz CT molecular complexity index is 907. The summed E-state index contributed by atoms with van der Waals surface area (Å²) in [5, 5.41) is 9.46. The lowest BCUT2D eigenvalue weighted by molar-refractivity contribution is -0.138. The van der Waals surface area contributed by atoms with Gasteiger partial charge in [0, 0.05) is 42.8 Å². The van der Waals surface area contributed by atoms with Gasteiger partial charge < -0.3 is 14.7 Å². The summed E-state index contributed by atoms with van der Waals surface area (Å²) < 4.78 is 18.7. The molecule has 0 unspecified atom stereocenters. The van der Waals surface area contributed by atoms with Crippen LogP contribution in [0.2, 0.25) is 5.02 Å². The Balaban J connectivity index is 1.54. The van der Waals surface area contributed by atoms with Gasteiger partial charge in [-0.2, -0.15) is 0 Å². The number of ether oxygens (including phenoxy) is 1. The first kappa shape index (κ1) is 22.1. The summed E-state index contributed by atoms with van der Waals surface area (Å²) in [6.45, 7) is 4.48. The molecule has 3 rings (SSSR count). The van der Waals surface area contributed by atoms with E-state index in [4.69, 9.17) is 21.4 Å². The quantitative estimate of drug-likeness (QED) is 0.724. The van der Waals surface area contributed by atoms with Crippen molar-refractivity contribution in [3.63, 3.8) is 0 Å². The highest BCUT2D eigenvalue weighted by molar-refractivity contribution is 6.30. The number of aliphatic carboxylic acids is 1. The van der Waals surface area contributed by atoms with Crippen molar-refractivity contribution in [3.8, 4) is 5.75 Å². The number of rotatable bonds is 7. The molecule has 1 amide bonds. The Morgan fingerprint density at radius 2 is 1.93 bits per heavy atom. The minimum Gasteiger partial charge on any atom is -0.483 e. The zero-order valence-corrected chi connectivity index (χ0v) is 17.4. The van der Waals surface area contributed by atoms with Gasteiger partial charge in [0.05, 0.1) is 6.42 Å². The van der Waals surface area contributed by atoms with E-state index in [2.05, 4.69) is 4.90 Å². The topological polar surface area (TPSA) is 70.1 Å². The zero-order valence-electron chi connectivity index (χ0n) is 16.7. The van der Waals surface area contributed by atoms with Crippen molar-refractivity contribution in [2.75, 3.05) is 26.2 Å². The minimum atomic E-state index is -1.00. The number of carbonyl (C=O) groups is 2. The summed E-state index contributed by atoms with van der Waals surface area (Å²) in [6.07, 6.45) is -0.234. The molecule has 0 saturated carbocycles. The second-order valence-electron chi connectivity index (χ2n) is 7.41. The summed E-state index contributed by atoms with van der Waals surface area (Å²) in [6, 6.07) is 11.2. The average molecular weight is 435 g/mol. The largest absolute Gasteiger partial charge is 0.483 e. The maximum atomic E-state index is 13.1. The molecule has 1 atom stereocenters. The summed E-state index contributed by atoms with van der Waals surface area (Å²) in [7, 11) is 0. The smallest absolute Gasteiger partial charge is 0.307 e. The predicted molar refractivity (Wildman–Crippen MR) is 111 cm³/mol. The fourth-order valence-electron chi connectivity index (χ4n) is 3.61. The summed E-state index contributed by atoms with van der Waals surface area (Å²) in [4.78, 5) is 27.7. The van der Waals surface area contributed by atoms with E-state index in [9.17, 15) is 14.0 Å². The van der Waals surface area contributed by atoms with Crippen LogP contribution in [-0.4, -0.2) is 59.1 Å². The number of carbonyl (C=O) groups excluding carboxylic acids is 1. The van der Waals surface area contributed by atoms with Gasteiger partial charge in [0.15, 0.2) is 6.61 Å². The summed E-state index contributed by atoms with van der Waals surface area (Å²) in [5.74, 6) is -1.06. The van der Waals surface area contributed by atoms with E-state index in [1.54, 1.807) is 29.2 Å². The number of piperazine rings is 1. The lowest BCUT2D eigenvalue weighted by Gasteiger charge is -2.39. The SMILES string of the molecule is C[C@@H]1CN(Cc2ccc(F)cc2)CCN1C(=O)COc1ccc(Cl)cc1CC(=O)O. The van der Waals surface area contributed by atoms with Crippen molar-refractivity contribution in [3.05, 3.63) is 64.4 Å². The van der Waals surface area contributed by atoms with Crippen LogP contribution in [0.15, 0.2) is 42.5 Å². The van der Waals surface area contributed by atoms with Gasteiger partial charge >= 0.3 is 5.97 Å². The maximum Gasteiger partial charge on any atom is 0.307 e. The molecule has 1 N–H and O–H groups in total. The standard InChI is InChI=1S/C22H24ClFN2O4/c1-15-12-25(13-16-2-5-19(24)6-3-16)8-9-26(15)21(27)14-30-20-7-4-18(23)10-17(20)11-22(28)29/h2-7,10,15H,8-9,11-14H2,1H3,(H,28,29)/t15-/m1/s1. The molecule has 0 radical (unpaired) electrons. The number of hydrogen-bond donors (Lipinski definition) is 1. The normalized spacial score (nSPS) is 17.0. The molecule has 30 heavy (non-hydrogen) atoms. The highest BCUT2D eigenvalue weighted by Gasteiger charge is 2.27. The monoisotopic (exact) mass is 434 g/mol. The zero-order chi connectivity index (χ0) is 21.7. The number of amides is 1. The van der Waals surface area contributed by atoms with Gasteiger partial charge in [0.2, 0.25) is 0 Å². The molecule has 2 aromatic rings. The molecule has 0 bridgehead atoms. The molecule has 8 heteroatoms. The Hall–Kier alpha value is -2.64. The molecule has 1 aliphatic rings. The van der Waals surface area contributed by atoms with Crippen LogP contribution in [-0.2, 0) is 22.6 Å². The highest BCUT2D eigenvalue weighted by atomic mass is 35.5. The summed E-state index contributed by atoms with van der Waals surface area (Å²) in [5.41, 5.74) is 1.46. The number of hydrogen-bond acceptors (Lipinski definition) is 4. The van der Waals surface area contributed by atoms with Crippen molar-refractivity contribution >= 4 is 23.5 Å². The maximum absolute atomic E-state index is 13.1. The number of benzene rings is 2. The molecular weight excluding hydrogens is 411 g/mol. The molecule has 160 valence electrons.